The first-order chi connectivity index (χ1) is 8.04. The molecule has 92 valence electrons. The number of ether oxygens (including phenoxy) is 2. The van der Waals surface area contributed by atoms with Crippen LogP contribution in [0.3, 0.4) is 0 Å². The van der Waals surface area contributed by atoms with Gasteiger partial charge in [-0.3, -0.25) is 4.79 Å². The number of benzene rings is 1. The molecule has 0 N–H and O–H groups in total. The average molecular weight is 234 g/mol. The van der Waals surface area contributed by atoms with E-state index in [1.807, 2.05) is 38.1 Å². The van der Waals surface area contributed by atoms with Gasteiger partial charge in [0.25, 0.3) is 0 Å². The van der Waals surface area contributed by atoms with Gasteiger partial charge in [0, 0.05) is 13.5 Å². The van der Waals surface area contributed by atoms with Gasteiger partial charge in [-0.15, -0.1) is 0 Å². The van der Waals surface area contributed by atoms with Crippen molar-refractivity contribution in [2.75, 3.05) is 7.11 Å². The van der Waals surface area contributed by atoms with Crippen molar-refractivity contribution in [2.45, 2.75) is 33.0 Å². The molecule has 3 nitrogen and oxygen atoms in total. The zero-order valence-corrected chi connectivity index (χ0v) is 10.5. The molecule has 2 rings (SSSR count). The predicted octanol–water partition coefficient (Wildman–Crippen LogP) is 2.58. The van der Waals surface area contributed by atoms with Crippen molar-refractivity contribution < 1.29 is 14.3 Å². The van der Waals surface area contributed by atoms with E-state index < -0.39 is 0 Å². The maximum absolute atomic E-state index is 11.4. The number of Topliss-reactive ketones (excluding diaryl/α,β-unsaturated/α-hetero) is 1. The van der Waals surface area contributed by atoms with Crippen LogP contribution in [0.15, 0.2) is 24.3 Å². The Labute approximate surface area is 102 Å². The molecular weight excluding hydrogens is 216 g/mol. The number of hydrogen-bond donors (Lipinski definition) is 0. The van der Waals surface area contributed by atoms with E-state index in [2.05, 4.69) is 0 Å². The van der Waals surface area contributed by atoms with Gasteiger partial charge >= 0.3 is 0 Å². The topological polar surface area (TPSA) is 35.5 Å². The van der Waals surface area contributed by atoms with Crippen molar-refractivity contribution in [3.8, 4) is 5.75 Å². The van der Waals surface area contributed by atoms with Crippen LogP contribution in [0.4, 0.5) is 0 Å². The van der Waals surface area contributed by atoms with Crippen LogP contribution in [-0.4, -0.2) is 19.0 Å². The number of hydrogen-bond acceptors (Lipinski definition) is 3. The SMILES string of the molecule is COCc1cccc(OC2CC(=O)C2(C)C)c1. The van der Waals surface area contributed by atoms with Crippen molar-refractivity contribution in [1.82, 2.24) is 0 Å². The van der Waals surface area contributed by atoms with E-state index in [1.54, 1.807) is 7.11 Å². The largest absolute Gasteiger partial charge is 0.489 e. The first-order valence-electron chi connectivity index (χ1n) is 5.82. The summed E-state index contributed by atoms with van der Waals surface area (Å²) in [5, 5.41) is 0. The van der Waals surface area contributed by atoms with E-state index in [1.165, 1.54) is 0 Å². The van der Waals surface area contributed by atoms with E-state index in [-0.39, 0.29) is 17.3 Å². The highest BCUT2D eigenvalue weighted by Crippen LogP contribution is 2.39. The molecule has 0 radical (unpaired) electrons. The molecule has 1 fully saturated rings. The first kappa shape index (κ1) is 12.1. The third-order valence-electron chi connectivity index (χ3n) is 3.38. The van der Waals surface area contributed by atoms with Crippen LogP contribution in [-0.2, 0) is 16.1 Å². The summed E-state index contributed by atoms with van der Waals surface area (Å²) in [6.45, 7) is 4.44. The van der Waals surface area contributed by atoms with Crippen LogP contribution >= 0.6 is 0 Å². The van der Waals surface area contributed by atoms with Crippen LogP contribution < -0.4 is 4.74 Å². The zero-order valence-electron chi connectivity index (χ0n) is 10.5. The van der Waals surface area contributed by atoms with Crippen molar-refractivity contribution in [3.63, 3.8) is 0 Å². The van der Waals surface area contributed by atoms with E-state index in [0.717, 1.165) is 11.3 Å². The molecule has 1 aromatic rings. The van der Waals surface area contributed by atoms with Crippen LogP contribution in [0.1, 0.15) is 25.8 Å². The Bertz CT molecular complexity index is 423. The summed E-state index contributed by atoms with van der Waals surface area (Å²) in [4.78, 5) is 11.4. The fraction of sp³-hybridized carbons (Fsp3) is 0.500. The van der Waals surface area contributed by atoms with Crippen LogP contribution in [0.2, 0.25) is 0 Å². The number of carbonyl (C=O) groups excluding carboxylic acids is 1. The lowest BCUT2D eigenvalue weighted by Gasteiger charge is -2.41. The van der Waals surface area contributed by atoms with Gasteiger partial charge in [-0.05, 0) is 31.5 Å². The molecule has 1 saturated carbocycles. The second-order valence-corrected chi connectivity index (χ2v) is 5.04. The van der Waals surface area contributed by atoms with Gasteiger partial charge in [0.1, 0.15) is 17.6 Å². The lowest BCUT2D eigenvalue weighted by molar-refractivity contribution is -0.148. The highest BCUT2D eigenvalue weighted by Gasteiger charge is 2.49. The lowest BCUT2D eigenvalue weighted by atomic mass is 9.68. The Kier molecular flexibility index (Phi) is 3.20. The molecule has 0 saturated heterocycles. The van der Waals surface area contributed by atoms with Crippen LogP contribution in [0.5, 0.6) is 5.75 Å². The molecule has 0 heterocycles. The van der Waals surface area contributed by atoms with Gasteiger partial charge in [-0.1, -0.05) is 12.1 Å². The Morgan fingerprint density at radius 2 is 2.18 bits per heavy atom. The minimum absolute atomic E-state index is 0.00667. The van der Waals surface area contributed by atoms with Crippen LogP contribution in [0, 0.1) is 5.41 Å². The molecular formula is C14H18O3. The zero-order chi connectivity index (χ0) is 12.5. The lowest BCUT2D eigenvalue weighted by Crippen LogP contribution is -2.52. The summed E-state index contributed by atoms with van der Waals surface area (Å²) >= 11 is 0. The number of rotatable bonds is 4. The minimum atomic E-state index is -0.350. The second-order valence-electron chi connectivity index (χ2n) is 5.04. The Hall–Kier alpha value is -1.35. The number of ketones is 1. The molecule has 0 amide bonds. The van der Waals surface area contributed by atoms with Gasteiger partial charge in [0.2, 0.25) is 0 Å². The molecule has 0 aliphatic heterocycles. The minimum Gasteiger partial charge on any atom is -0.489 e. The van der Waals surface area contributed by atoms with Gasteiger partial charge in [0.15, 0.2) is 0 Å². The molecule has 17 heavy (non-hydrogen) atoms. The molecule has 1 aliphatic rings. The van der Waals surface area contributed by atoms with Gasteiger partial charge in [-0.25, -0.2) is 0 Å². The summed E-state index contributed by atoms with van der Waals surface area (Å²) in [5.74, 6) is 1.08. The molecule has 0 aromatic heterocycles. The highest BCUT2D eigenvalue weighted by atomic mass is 16.5. The highest BCUT2D eigenvalue weighted by molar-refractivity contribution is 5.91. The molecule has 0 spiro atoms. The maximum Gasteiger partial charge on any atom is 0.145 e. The molecule has 1 atom stereocenters. The predicted molar refractivity (Wildman–Crippen MR) is 65.0 cm³/mol. The fourth-order valence-electron chi connectivity index (χ4n) is 1.96. The molecule has 1 unspecified atom stereocenters. The normalized spacial score (nSPS) is 22.1. The van der Waals surface area contributed by atoms with E-state index in [4.69, 9.17) is 9.47 Å². The van der Waals surface area contributed by atoms with Gasteiger partial charge in [-0.2, -0.15) is 0 Å². The molecule has 1 aromatic carbocycles. The summed E-state index contributed by atoms with van der Waals surface area (Å²) < 4.78 is 10.9. The van der Waals surface area contributed by atoms with E-state index >= 15 is 0 Å². The van der Waals surface area contributed by atoms with Crippen LogP contribution in [0.25, 0.3) is 0 Å². The van der Waals surface area contributed by atoms with Crippen molar-refractivity contribution in [2.24, 2.45) is 5.41 Å². The smallest absolute Gasteiger partial charge is 0.145 e. The number of methoxy groups -OCH3 is 1. The fourth-order valence-corrected chi connectivity index (χ4v) is 1.96. The van der Waals surface area contributed by atoms with Gasteiger partial charge < -0.3 is 9.47 Å². The van der Waals surface area contributed by atoms with Crippen molar-refractivity contribution in [3.05, 3.63) is 29.8 Å². The Balaban J connectivity index is 2.04. The maximum atomic E-state index is 11.4. The Morgan fingerprint density at radius 3 is 2.76 bits per heavy atom. The quantitative estimate of drug-likeness (QED) is 0.803. The summed E-state index contributed by atoms with van der Waals surface area (Å²) in [6.07, 6.45) is 0.509. The summed E-state index contributed by atoms with van der Waals surface area (Å²) in [6, 6.07) is 7.81. The van der Waals surface area contributed by atoms with E-state index in [9.17, 15) is 4.79 Å². The monoisotopic (exact) mass is 234 g/mol. The summed E-state index contributed by atoms with van der Waals surface area (Å²) in [7, 11) is 1.67. The molecule has 0 bridgehead atoms. The van der Waals surface area contributed by atoms with Crippen molar-refractivity contribution in [1.29, 1.82) is 0 Å². The molecule has 3 heteroatoms. The average Bonchev–Trinajstić information content (AvgIpc) is 2.30. The molecule has 1 aliphatic carbocycles. The third-order valence-corrected chi connectivity index (χ3v) is 3.38. The summed E-state index contributed by atoms with van der Waals surface area (Å²) in [5.41, 5.74) is 0.727. The Morgan fingerprint density at radius 1 is 1.41 bits per heavy atom. The standard InChI is InChI=1S/C14H18O3/c1-14(2)12(15)8-13(14)17-11-6-4-5-10(7-11)9-16-3/h4-7,13H,8-9H2,1-3H3. The van der Waals surface area contributed by atoms with E-state index in [0.29, 0.717) is 13.0 Å². The third kappa shape index (κ3) is 2.34. The van der Waals surface area contributed by atoms with Crippen molar-refractivity contribution >= 4 is 5.78 Å². The second kappa shape index (κ2) is 4.49. The number of carbonyl (C=O) groups is 1. The first-order valence-corrected chi connectivity index (χ1v) is 5.82. The van der Waals surface area contributed by atoms with Gasteiger partial charge in [0.05, 0.1) is 12.0 Å².